The van der Waals surface area contributed by atoms with Crippen LogP contribution in [-0.2, 0) is 0 Å². The average molecular weight is 245 g/mol. The van der Waals surface area contributed by atoms with Crippen molar-refractivity contribution in [3.63, 3.8) is 0 Å². The predicted octanol–water partition coefficient (Wildman–Crippen LogP) is 0.404. The molecule has 2 heterocycles. The van der Waals surface area contributed by atoms with Gasteiger partial charge in [-0.15, -0.1) is 0 Å². The van der Waals surface area contributed by atoms with Gasteiger partial charge in [0.15, 0.2) is 0 Å². The van der Waals surface area contributed by atoms with E-state index >= 15 is 0 Å². The number of nitrogens with zero attached hydrogens (tertiary/aromatic N) is 3. The summed E-state index contributed by atoms with van der Waals surface area (Å²) in [5, 5.41) is 12.6. The lowest BCUT2D eigenvalue weighted by molar-refractivity contribution is 0.230. The first-order chi connectivity index (χ1) is 8.75. The average Bonchev–Trinajstić information content (AvgIpc) is 2.78. The van der Waals surface area contributed by atoms with Crippen molar-refractivity contribution in [1.82, 2.24) is 9.55 Å². The van der Waals surface area contributed by atoms with Crippen molar-refractivity contribution < 1.29 is 5.11 Å². The largest absolute Gasteiger partial charge is 0.395 e. The number of fused-ring (bicyclic) bond motifs is 2. The van der Waals surface area contributed by atoms with Crippen molar-refractivity contribution >= 4 is 12.2 Å². The fraction of sp³-hybridized carbons (Fsp3) is 0.500. The molecular weight excluding hydrogens is 230 g/mol. The van der Waals surface area contributed by atoms with Crippen LogP contribution < -0.4 is 11.1 Å². The van der Waals surface area contributed by atoms with Gasteiger partial charge in [-0.05, 0) is 12.3 Å². The lowest BCUT2D eigenvalue weighted by atomic mass is 10.1. The van der Waals surface area contributed by atoms with E-state index in [2.05, 4.69) is 32.0 Å². The van der Waals surface area contributed by atoms with Gasteiger partial charge in [-0.3, -0.25) is 4.99 Å². The number of aliphatic hydroxyl groups is 1. The summed E-state index contributed by atoms with van der Waals surface area (Å²) in [7, 11) is 0. The summed E-state index contributed by atoms with van der Waals surface area (Å²) in [6.45, 7) is 0.232. The maximum absolute atomic E-state index is 9.43. The van der Waals surface area contributed by atoms with E-state index in [1.807, 2.05) is 6.33 Å². The SMILES string of the molecule is NC1N=CNc2c1ncn2C1C=C[C@]2(CO)C[C@H]12. The zero-order chi connectivity index (χ0) is 12.3. The smallest absolute Gasteiger partial charge is 0.145 e. The minimum absolute atomic E-state index is 0.0205. The zero-order valence-electron chi connectivity index (χ0n) is 9.82. The Labute approximate surface area is 104 Å². The Bertz CT molecular complexity index is 563. The van der Waals surface area contributed by atoms with E-state index in [4.69, 9.17) is 5.73 Å². The van der Waals surface area contributed by atoms with Crippen LogP contribution in [0, 0.1) is 11.3 Å². The summed E-state index contributed by atoms with van der Waals surface area (Å²) in [4.78, 5) is 8.43. The first-order valence-electron chi connectivity index (χ1n) is 6.16. The molecule has 0 amide bonds. The fourth-order valence-electron chi connectivity index (χ4n) is 3.16. The fourth-order valence-corrected chi connectivity index (χ4v) is 3.16. The molecule has 0 radical (unpaired) electrons. The van der Waals surface area contributed by atoms with Gasteiger partial charge >= 0.3 is 0 Å². The van der Waals surface area contributed by atoms with Crippen molar-refractivity contribution in [1.29, 1.82) is 0 Å². The minimum Gasteiger partial charge on any atom is -0.395 e. The van der Waals surface area contributed by atoms with Gasteiger partial charge in [0.2, 0.25) is 0 Å². The summed E-state index contributed by atoms with van der Waals surface area (Å²) in [6, 6.07) is 0.264. The zero-order valence-corrected chi connectivity index (χ0v) is 9.82. The minimum atomic E-state index is -0.380. The number of nitrogens with two attached hydrogens (primary N) is 1. The number of hydrogen-bond donors (Lipinski definition) is 3. The highest BCUT2D eigenvalue weighted by Gasteiger charge is 2.59. The van der Waals surface area contributed by atoms with Crippen LogP contribution in [-0.4, -0.2) is 27.6 Å². The second-order valence-electron chi connectivity index (χ2n) is 5.30. The van der Waals surface area contributed by atoms with E-state index in [0.29, 0.717) is 5.92 Å². The number of allylic oxidation sites excluding steroid dienone is 1. The Morgan fingerprint density at radius 3 is 3.22 bits per heavy atom. The maximum atomic E-state index is 9.43. The Balaban J connectivity index is 1.71. The Kier molecular flexibility index (Phi) is 1.83. The number of aliphatic hydroxyl groups excluding tert-OH is 1. The predicted molar refractivity (Wildman–Crippen MR) is 67.1 cm³/mol. The molecule has 1 aromatic rings. The third-order valence-corrected chi connectivity index (χ3v) is 4.37. The molecule has 3 aliphatic rings. The summed E-state index contributed by atoms with van der Waals surface area (Å²) in [5.74, 6) is 1.41. The molecule has 0 bridgehead atoms. The summed E-state index contributed by atoms with van der Waals surface area (Å²) in [6.07, 6.45) is 8.41. The number of anilines is 1. The molecule has 18 heavy (non-hydrogen) atoms. The van der Waals surface area contributed by atoms with Crippen molar-refractivity contribution in [2.24, 2.45) is 22.1 Å². The third-order valence-electron chi connectivity index (χ3n) is 4.37. The molecule has 4 atom stereocenters. The third kappa shape index (κ3) is 1.14. The molecule has 6 nitrogen and oxygen atoms in total. The molecule has 1 aliphatic heterocycles. The van der Waals surface area contributed by atoms with Gasteiger partial charge in [0.1, 0.15) is 17.7 Å². The van der Waals surface area contributed by atoms with E-state index < -0.39 is 0 Å². The maximum Gasteiger partial charge on any atom is 0.145 e. The van der Waals surface area contributed by atoms with Gasteiger partial charge in [0, 0.05) is 5.41 Å². The van der Waals surface area contributed by atoms with Gasteiger partial charge in [-0.25, -0.2) is 4.98 Å². The number of aliphatic imine (C=N–C) groups is 1. The van der Waals surface area contributed by atoms with Crippen molar-refractivity contribution in [3.8, 4) is 0 Å². The first kappa shape index (κ1) is 10.3. The lowest BCUT2D eigenvalue weighted by Gasteiger charge is -2.19. The summed E-state index contributed by atoms with van der Waals surface area (Å²) >= 11 is 0. The number of hydrogen-bond acceptors (Lipinski definition) is 5. The molecule has 1 saturated carbocycles. The molecule has 1 aromatic heterocycles. The molecule has 0 spiro atoms. The number of nitrogens with one attached hydrogen (secondary N) is 1. The summed E-state index contributed by atoms with van der Waals surface area (Å²) in [5.41, 5.74) is 6.69. The molecule has 0 aromatic carbocycles. The van der Waals surface area contributed by atoms with E-state index in [9.17, 15) is 5.11 Å². The Morgan fingerprint density at radius 1 is 1.61 bits per heavy atom. The molecule has 94 valence electrons. The Hall–Kier alpha value is -1.66. The molecule has 4 N–H and O–H groups in total. The van der Waals surface area contributed by atoms with E-state index in [-0.39, 0.29) is 24.2 Å². The quantitative estimate of drug-likeness (QED) is 0.658. The number of aromatic nitrogens is 2. The van der Waals surface area contributed by atoms with Crippen LogP contribution in [0.2, 0.25) is 0 Å². The van der Waals surface area contributed by atoms with Crippen molar-refractivity contribution in [3.05, 3.63) is 24.2 Å². The molecule has 0 saturated heterocycles. The highest BCUT2D eigenvalue weighted by Crippen LogP contribution is 2.63. The van der Waals surface area contributed by atoms with Crippen LogP contribution in [0.4, 0.5) is 5.82 Å². The van der Waals surface area contributed by atoms with Gasteiger partial charge < -0.3 is 20.7 Å². The van der Waals surface area contributed by atoms with Gasteiger partial charge in [0.05, 0.1) is 25.3 Å². The molecule has 2 aliphatic carbocycles. The molecule has 4 rings (SSSR count). The van der Waals surface area contributed by atoms with Crippen LogP contribution in [0.25, 0.3) is 0 Å². The monoisotopic (exact) mass is 245 g/mol. The van der Waals surface area contributed by atoms with Crippen LogP contribution in [0.1, 0.15) is 24.3 Å². The van der Waals surface area contributed by atoms with Crippen LogP contribution >= 0.6 is 0 Å². The first-order valence-corrected chi connectivity index (χ1v) is 6.16. The highest BCUT2D eigenvalue weighted by molar-refractivity contribution is 5.78. The van der Waals surface area contributed by atoms with Crippen LogP contribution in [0.5, 0.6) is 0 Å². The topological polar surface area (TPSA) is 88.5 Å². The molecule has 1 fully saturated rings. The van der Waals surface area contributed by atoms with Crippen LogP contribution in [0.3, 0.4) is 0 Å². The second kappa shape index (κ2) is 3.21. The molecule has 2 unspecified atom stereocenters. The number of imidazole rings is 1. The standard InChI is InChI=1S/C12H15N5O/c13-10-9-11(15-5-14-10)17(6-16-9)8-1-2-12(4-18)3-7(8)12/h1-2,5-8,10,18H,3-4,13H2,(H,14,15)/t7-,8?,10?,12-/m1/s1. The Morgan fingerprint density at radius 2 is 2.50 bits per heavy atom. The van der Waals surface area contributed by atoms with Gasteiger partial charge in [0.25, 0.3) is 0 Å². The molecular formula is C12H15N5O. The van der Waals surface area contributed by atoms with Crippen molar-refractivity contribution in [2.45, 2.75) is 18.6 Å². The van der Waals surface area contributed by atoms with Gasteiger partial charge in [-0.1, -0.05) is 12.2 Å². The summed E-state index contributed by atoms with van der Waals surface area (Å²) < 4.78 is 2.10. The van der Waals surface area contributed by atoms with E-state index in [1.165, 1.54) is 0 Å². The second-order valence-corrected chi connectivity index (χ2v) is 5.30. The van der Waals surface area contributed by atoms with E-state index in [1.54, 1.807) is 6.34 Å². The van der Waals surface area contributed by atoms with Crippen LogP contribution in [0.15, 0.2) is 23.5 Å². The van der Waals surface area contributed by atoms with E-state index in [0.717, 1.165) is 17.9 Å². The number of rotatable bonds is 2. The normalized spacial score (nSPS) is 39.3. The molecule has 6 heteroatoms. The van der Waals surface area contributed by atoms with Gasteiger partial charge in [-0.2, -0.15) is 0 Å². The lowest BCUT2D eigenvalue weighted by Crippen LogP contribution is -2.20. The highest BCUT2D eigenvalue weighted by atomic mass is 16.3. The van der Waals surface area contributed by atoms with Crippen molar-refractivity contribution in [2.75, 3.05) is 11.9 Å².